The highest BCUT2D eigenvalue weighted by atomic mass is 79.9. The van der Waals surface area contributed by atoms with Crippen LogP contribution in [0.5, 0.6) is 0 Å². The first-order valence-corrected chi connectivity index (χ1v) is 9.01. The number of pyridine rings is 1. The lowest BCUT2D eigenvalue weighted by molar-refractivity contribution is -0.624. The normalized spacial score (nSPS) is 11.5. The molecule has 0 aliphatic heterocycles. The number of aryl methyl sites for hydroxylation is 3. The van der Waals surface area contributed by atoms with Gasteiger partial charge in [0.1, 0.15) is 16.8 Å². The van der Waals surface area contributed by atoms with E-state index in [2.05, 4.69) is 25.4 Å². The summed E-state index contributed by atoms with van der Waals surface area (Å²) in [5.41, 5.74) is 2.82. The van der Waals surface area contributed by atoms with Gasteiger partial charge in [0.25, 0.3) is 0 Å². The van der Waals surface area contributed by atoms with Crippen molar-refractivity contribution in [3.63, 3.8) is 0 Å². The monoisotopic (exact) mass is 400 g/mol. The third-order valence-electron chi connectivity index (χ3n) is 3.39. The van der Waals surface area contributed by atoms with E-state index >= 15 is 0 Å². The van der Waals surface area contributed by atoms with Crippen LogP contribution >= 0.6 is 15.9 Å². The number of nitrogens with one attached hydrogen (secondary N) is 1. The minimum Gasteiger partial charge on any atom is -0.270 e. The van der Waals surface area contributed by atoms with Crippen LogP contribution in [0.1, 0.15) is 16.7 Å². The van der Waals surface area contributed by atoms with Crippen LogP contribution in [-0.2, 0) is 14.3 Å². The summed E-state index contributed by atoms with van der Waals surface area (Å²) >= 11 is 3.37. The molecule has 3 N–H and O–H groups in total. The fourth-order valence-electron chi connectivity index (χ4n) is 2.47. The number of nitrogens with zero attached hydrogens (tertiary/aromatic N) is 1. The Balaban J connectivity index is 2.66. The van der Waals surface area contributed by atoms with Gasteiger partial charge in [-0.25, -0.2) is 5.32 Å². The van der Waals surface area contributed by atoms with Crippen molar-refractivity contribution < 1.29 is 17.3 Å². The highest BCUT2D eigenvalue weighted by Crippen LogP contribution is 2.30. The Kier molecular flexibility index (Phi) is 4.98. The standard InChI is InChI=1S/C15H18BrN3O3S/c1-9-5-10(2)14(23(20,21)22-4)13(6-9)18-15-11(3)7-12(16)8-19(15)17/h5-8H,17H2,1-4H3/p+1. The molecule has 8 heteroatoms. The highest BCUT2D eigenvalue weighted by molar-refractivity contribution is 9.10. The van der Waals surface area contributed by atoms with Gasteiger partial charge in [-0.15, -0.1) is 4.68 Å². The minimum atomic E-state index is -3.85. The molecule has 0 saturated heterocycles. The molecule has 0 unspecified atom stereocenters. The zero-order chi connectivity index (χ0) is 17.4. The molecule has 1 aromatic heterocycles. The van der Waals surface area contributed by atoms with Crippen molar-refractivity contribution in [2.24, 2.45) is 0 Å². The van der Waals surface area contributed by atoms with E-state index in [0.29, 0.717) is 17.1 Å². The van der Waals surface area contributed by atoms with Crippen molar-refractivity contribution in [2.75, 3.05) is 18.3 Å². The summed E-state index contributed by atoms with van der Waals surface area (Å²) in [5.74, 6) is 6.57. The lowest BCUT2D eigenvalue weighted by Gasteiger charge is -2.13. The van der Waals surface area contributed by atoms with Crippen LogP contribution in [0.2, 0.25) is 0 Å². The molecule has 0 spiro atoms. The molecule has 0 saturated carbocycles. The van der Waals surface area contributed by atoms with Crippen LogP contribution in [0.25, 0.3) is 0 Å². The summed E-state index contributed by atoms with van der Waals surface area (Å²) in [4.78, 5) is 0.105. The maximum absolute atomic E-state index is 12.3. The van der Waals surface area contributed by atoms with Gasteiger partial charge in [-0.2, -0.15) is 8.42 Å². The summed E-state index contributed by atoms with van der Waals surface area (Å²) in [5, 5.41) is 3.12. The smallest absolute Gasteiger partial charge is 0.270 e. The predicted molar refractivity (Wildman–Crippen MR) is 92.6 cm³/mol. The van der Waals surface area contributed by atoms with Gasteiger partial charge >= 0.3 is 15.9 Å². The van der Waals surface area contributed by atoms with Crippen molar-refractivity contribution in [2.45, 2.75) is 25.7 Å². The van der Waals surface area contributed by atoms with Crippen molar-refractivity contribution in [1.82, 2.24) is 0 Å². The quantitative estimate of drug-likeness (QED) is 0.467. The van der Waals surface area contributed by atoms with E-state index in [4.69, 9.17) is 5.84 Å². The average molecular weight is 401 g/mol. The van der Waals surface area contributed by atoms with Gasteiger partial charge in [-0.3, -0.25) is 10.0 Å². The molecule has 1 heterocycles. The van der Waals surface area contributed by atoms with Gasteiger partial charge in [0.2, 0.25) is 0 Å². The van der Waals surface area contributed by atoms with Crippen molar-refractivity contribution in [3.05, 3.63) is 45.6 Å². The molecule has 0 amide bonds. The number of rotatable bonds is 4. The number of hydrogen-bond donors (Lipinski definition) is 2. The number of aromatic nitrogens is 1. The van der Waals surface area contributed by atoms with E-state index < -0.39 is 10.1 Å². The average Bonchev–Trinajstić information content (AvgIpc) is 2.41. The molecule has 0 atom stereocenters. The SMILES string of the molecule is COS(=O)(=O)c1c(C)cc(C)cc1Nc1c(C)cc(Br)c[n+]1N. The lowest BCUT2D eigenvalue weighted by atomic mass is 10.1. The molecular weight excluding hydrogens is 382 g/mol. The third kappa shape index (κ3) is 3.65. The summed E-state index contributed by atoms with van der Waals surface area (Å²) in [6, 6.07) is 5.43. The fourth-order valence-corrected chi connectivity index (χ4v) is 4.03. The molecule has 0 aliphatic rings. The van der Waals surface area contributed by atoms with E-state index in [1.54, 1.807) is 25.3 Å². The van der Waals surface area contributed by atoms with Crippen molar-refractivity contribution in [1.29, 1.82) is 0 Å². The number of benzene rings is 1. The number of halogens is 1. The number of nitrogens with two attached hydrogens (primary N) is 1. The molecule has 0 fully saturated rings. The van der Waals surface area contributed by atoms with Crippen LogP contribution in [0, 0.1) is 20.8 Å². The second-order valence-electron chi connectivity index (χ2n) is 5.30. The first-order valence-electron chi connectivity index (χ1n) is 6.81. The highest BCUT2D eigenvalue weighted by Gasteiger charge is 2.26. The summed E-state index contributed by atoms with van der Waals surface area (Å²) in [6.45, 7) is 5.50. The molecule has 2 rings (SSSR count). The van der Waals surface area contributed by atoms with Gasteiger partial charge in [-0.1, -0.05) is 6.07 Å². The van der Waals surface area contributed by atoms with Crippen LogP contribution < -0.4 is 15.8 Å². The van der Waals surface area contributed by atoms with E-state index in [-0.39, 0.29) is 4.90 Å². The van der Waals surface area contributed by atoms with Gasteiger partial charge in [0, 0.05) is 5.56 Å². The Bertz CT molecular complexity index is 844. The van der Waals surface area contributed by atoms with Crippen LogP contribution in [0.15, 0.2) is 33.8 Å². The molecule has 0 radical (unpaired) electrons. The third-order valence-corrected chi connectivity index (χ3v) is 5.30. The Hall–Kier alpha value is -1.64. The Labute approximate surface area is 144 Å². The Morgan fingerprint density at radius 3 is 2.39 bits per heavy atom. The largest absolute Gasteiger partial charge is 0.305 e. The van der Waals surface area contributed by atoms with Crippen LogP contribution in [0.3, 0.4) is 0 Å². The topological polar surface area (TPSA) is 85.3 Å². The fraction of sp³-hybridized carbons (Fsp3) is 0.267. The van der Waals surface area contributed by atoms with Crippen LogP contribution in [-0.4, -0.2) is 15.5 Å². The molecule has 124 valence electrons. The van der Waals surface area contributed by atoms with Gasteiger partial charge < -0.3 is 0 Å². The first kappa shape index (κ1) is 17.7. The minimum absolute atomic E-state index is 0.105. The van der Waals surface area contributed by atoms with Crippen molar-refractivity contribution in [3.8, 4) is 0 Å². The summed E-state index contributed by atoms with van der Waals surface area (Å²) in [7, 11) is -2.71. The zero-order valence-electron chi connectivity index (χ0n) is 13.3. The molecular formula is C15H19BrN3O3S+. The number of anilines is 2. The van der Waals surface area contributed by atoms with Gasteiger partial charge in [-0.05, 0) is 60.0 Å². The number of hydrogen-bond acceptors (Lipinski definition) is 5. The van der Waals surface area contributed by atoms with E-state index in [9.17, 15) is 8.42 Å². The van der Waals surface area contributed by atoms with E-state index in [1.807, 2.05) is 19.9 Å². The molecule has 0 bridgehead atoms. The van der Waals surface area contributed by atoms with Crippen LogP contribution in [0.4, 0.5) is 11.5 Å². The zero-order valence-corrected chi connectivity index (χ0v) is 15.7. The van der Waals surface area contributed by atoms with E-state index in [0.717, 1.165) is 22.7 Å². The molecule has 23 heavy (non-hydrogen) atoms. The maximum atomic E-state index is 12.3. The Morgan fingerprint density at radius 2 is 1.83 bits per heavy atom. The Morgan fingerprint density at radius 1 is 1.17 bits per heavy atom. The lowest BCUT2D eigenvalue weighted by Crippen LogP contribution is -2.46. The van der Waals surface area contributed by atoms with Crippen molar-refractivity contribution >= 4 is 37.6 Å². The maximum Gasteiger partial charge on any atom is 0.305 e. The van der Waals surface area contributed by atoms with Gasteiger partial charge in [0.15, 0.2) is 0 Å². The number of nitrogen functional groups attached to an aromatic ring is 1. The van der Waals surface area contributed by atoms with E-state index in [1.165, 1.54) is 4.68 Å². The molecule has 2 aromatic rings. The first-order chi connectivity index (χ1) is 10.7. The summed E-state index contributed by atoms with van der Waals surface area (Å²) < 4.78 is 31.4. The molecule has 6 nitrogen and oxygen atoms in total. The summed E-state index contributed by atoms with van der Waals surface area (Å²) in [6.07, 6.45) is 1.68. The second kappa shape index (κ2) is 6.46. The van der Waals surface area contributed by atoms with Gasteiger partial charge in [0.05, 0.1) is 11.6 Å². The molecule has 1 aromatic carbocycles. The second-order valence-corrected chi connectivity index (χ2v) is 7.87. The molecule has 0 aliphatic carbocycles. The predicted octanol–water partition coefficient (Wildman–Crippen LogP) is 2.45.